The molecular weight excluding hydrogens is 977 g/mol. The number of hydrogen-bond acceptors (Lipinski definition) is 0. The van der Waals surface area contributed by atoms with E-state index in [1.165, 1.54) is 25.1 Å². The molecule has 0 radical (unpaired) electrons. The van der Waals surface area contributed by atoms with Gasteiger partial charge in [0.25, 0.3) is 0 Å². The van der Waals surface area contributed by atoms with Crippen LogP contribution in [0.4, 0.5) is 0 Å². The van der Waals surface area contributed by atoms with E-state index < -0.39 is 35.6 Å². The van der Waals surface area contributed by atoms with E-state index in [0.717, 1.165) is 15.6 Å². The second-order valence-corrected chi connectivity index (χ2v) is 37.5. The van der Waals surface area contributed by atoms with E-state index >= 15 is 0 Å². The molecule has 274 valence electrons. The predicted molar refractivity (Wildman–Crippen MR) is 254 cm³/mol. The molecular formula is C52H44BrClSn2. The Morgan fingerprint density at radius 2 is 0.554 bits per heavy atom. The fourth-order valence-electron chi connectivity index (χ4n) is 7.04. The van der Waals surface area contributed by atoms with E-state index in [-0.39, 0.29) is 0 Å². The summed E-state index contributed by atoms with van der Waals surface area (Å²) in [4.78, 5) is 0. The van der Waals surface area contributed by atoms with Crippen LogP contribution < -0.4 is 25.1 Å². The van der Waals surface area contributed by atoms with Gasteiger partial charge < -0.3 is 0 Å². The van der Waals surface area contributed by atoms with Crippen LogP contribution in [0.5, 0.6) is 0 Å². The summed E-state index contributed by atoms with van der Waals surface area (Å²) in [6, 6.07) is 81.9. The zero-order valence-corrected chi connectivity index (χ0v) is 39.3. The standard InChI is InChI=1S/C8H7Br.C8H7.6C6H5.ClH.2Sn/c1-2-7-3-5-8(9)6-4-7;1-2-8-6-4-3-5-7-8;6*1-2-4-6-5-3-1;;;/h2-6H,1H2;2,4-7H,1H2;6*1-5H;1H;;/q;;;;;;;;;;+1/p-1. The topological polar surface area (TPSA) is 0 Å². The van der Waals surface area contributed by atoms with Crippen molar-refractivity contribution in [3.05, 3.63) is 259 Å². The van der Waals surface area contributed by atoms with Gasteiger partial charge in [0.15, 0.2) is 0 Å². The molecule has 8 aromatic rings. The summed E-state index contributed by atoms with van der Waals surface area (Å²) in [5, 5.41) is 0. The molecule has 0 spiro atoms. The van der Waals surface area contributed by atoms with Crippen molar-refractivity contribution >= 4 is 97.7 Å². The summed E-state index contributed by atoms with van der Waals surface area (Å²) in [6.07, 6.45) is 3.74. The van der Waals surface area contributed by atoms with Crippen molar-refractivity contribution in [2.45, 2.75) is 0 Å². The first-order chi connectivity index (χ1) is 27.5. The summed E-state index contributed by atoms with van der Waals surface area (Å²) < 4.78 is 10.8. The molecule has 0 aliphatic carbocycles. The molecule has 0 aliphatic heterocycles. The quantitative estimate of drug-likeness (QED) is 0.127. The molecule has 0 bridgehead atoms. The number of rotatable bonds is 9. The molecule has 0 aromatic heterocycles. The molecule has 4 heteroatoms. The van der Waals surface area contributed by atoms with E-state index in [1.54, 1.807) is 0 Å². The Morgan fingerprint density at radius 3 is 0.821 bits per heavy atom. The van der Waals surface area contributed by atoms with Crippen LogP contribution in [0.3, 0.4) is 0 Å². The fourth-order valence-corrected chi connectivity index (χ4v) is 31.8. The van der Waals surface area contributed by atoms with Gasteiger partial charge in [-0.2, -0.15) is 0 Å². The molecule has 0 unspecified atom stereocenters. The molecule has 0 heterocycles. The van der Waals surface area contributed by atoms with Gasteiger partial charge in [-0.25, -0.2) is 0 Å². The van der Waals surface area contributed by atoms with Gasteiger partial charge in [0.05, 0.1) is 0 Å². The molecule has 0 amide bonds. The molecule has 0 saturated heterocycles. The van der Waals surface area contributed by atoms with E-state index in [0.29, 0.717) is 0 Å². The monoisotopic (exact) mass is 1020 g/mol. The molecule has 8 aromatic carbocycles. The van der Waals surface area contributed by atoms with Crippen LogP contribution in [0, 0.1) is 0 Å². The normalized spacial score (nSPS) is 10.8. The second kappa shape index (κ2) is 20.7. The summed E-state index contributed by atoms with van der Waals surface area (Å²) in [5.41, 5.74) is 2.31. The Kier molecular flexibility index (Phi) is 15.2. The van der Waals surface area contributed by atoms with Crippen molar-refractivity contribution in [3.8, 4) is 0 Å². The predicted octanol–water partition coefficient (Wildman–Crippen LogP) is 9.69. The van der Waals surface area contributed by atoms with Crippen molar-refractivity contribution in [2.24, 2.45) is 0 Å². The van der Waals surface area contributed by atoms with Crippen molar-refractivity contribution in [3.63, 3.8) is 0 Å². The van der Waals surface area contributed by atoms with E-state index in [9.17, 15) is 0 Å². The summed E-state index contributed by atoms with van der Waals surface area (Å²) >= 11 is -3.36. The molecule has 0 saturated carbocycles. The molecule has 0 atom stereocenters. The van der Waals surface area contributed by atoms with Crippen molar-refractivity contribution in [1.29, 1.82) is 0 Å². The average molecular weight is 1020 g/mol. The minimum absolute atomic E-state index is 1.10. The maximum absolute atomic E-state index is 7.33. The number of benzene rings is 8. The van der Waals surface area contributed by atoms with Crippen LogP contribution >= 0.6 is 24.9 Å². The summed E-state index contributed by atoms with van der Waals surface area (Å²) in [6.45, 7) is 7.56. The van der Waals surface area contributed by atoms with Crippen LogP contribution in [0.2, 0.25) is 0 Å². The molecule has 0 fully saturated rings. The van der Waals surface area contributed by atoms with E-state index in [4.69, 9.17) is 8.92 Å². The number of hydrogen-bond donors (Lipinski definition) is 0. The Bertz CT molecular complexity index is 2180. The summed E-state index contributed by atoms with van der Waals surface area (Å²) in [5.74, 6) is 0. The fraction of sp³-hybridized carbons (Fsp3) is 0. The SMILES string of the molecule is C=Cc1cc[c]([Sn]([c]2ccccc2)([c]2ccccc2)[c]2ccccc2)cc1.C=Cc1ccc(Br)cc1.[Cl][Sn]([c]1ccccc1)([c]1ccccc1)[c]1ccccc1. The summed E-state index contributed by atoms with van der Waals surface area (Å²) in [7, 11) is 7.33. The zero-order valence-electron chi connectivity index (χ0n) is 31.3. The van der Waals surface area contributed by atoms with Gasteiger partial charge in [-0.05, 0) is 17.7 Å². The molecule has 8 rings (SSSR count). The van der Waals surface area contributed by atoms with Crippen molar-refractivity contribution in [1.82, 2.24) is 0 Å². The second-order valence-electron chi connectivity index (χ2n) is 13.2. The molecule has 0 aliphatic rings. The third-order valence-electron chi connectivity index (χ3n) is 9.82. The van der Waals surface area contributed by atoms with E-state index in [1.807, 2.05) is 54.6 Å². The van der Waals surface area contributed by atoms with Gasteiger partial charge in [-0.15, -0.1) is 0 Å². The first-order valence-electron chi connectivity index (χ1n) is 18.6. The molecule has 0 N–H and O–H groups in total. The van der Waals surface area contributed by atoms with E-state index in [2.05, 4.69) is 217 Å². The maximum atomic E-state index is 7.33. The Balaban J connectivity index is 0.000000160. The Hall–Kier alpha value is -4.39. The van der Waals surface area contributed by atoms with Crippen LogP contribution in [0.15, 0.2) is 248 Å². The first-order valence-corrected chi connectivity index (χ1v) is 33.0. The zero-order chi connectivity index (χ0) is 39.1. The van der Waals surface area contributed by atoms with Gasteiger partial charge in [-0.1, -0.05) is 40.7 Å². The van der Waals surface area contributed by atoms with Crippen LogP contribution in [-0.2, 0) is 0 Å². The van der Waals surface area contributed by atoms with Crippen LogP contribution in [0.1, 0.15) is 11.1 Å². The van der Waals surface area contributed by atoms with Gasteiger partial charge in [0, 0.05) is 4.47 Å². The molecule has 0 nitrogen and oxygen atoms in total. The van der Waals surface area contributed by atoms with Crippen LogP contribution in [-0.4, -0.2) is 35.6 Å². The Morgan fingerprint density at radius 1 is 0.321 bits per heavy atom. The third-order valence-corrected chi connectivity index (χ3v) is 38.1. The van der Waals surface area contributed by atoms with Gasteiger partial charge >= 0.3 is 294 Å². The van der Waals surface area contributed by atoms with Gasteiger partial charge in [0.2, 0.25) is 0 Å². The number of halogens is 2. The van der Waals surface area contributed by atoms with Gasteiger partial charge in [0.1, 0.15) is 0 Å². The van der Waals surface area contributed by atoms with Gasteiger partial charge in [-0.3, -0.25) is 0 Å². The van der Waals surface area contributed by atoms with Crippen molar-refractivity contribution in [2.75, 3.05) is 0 Å². The minimum atomic E-state index is -3.39. The van der Waals surface area contributed by atoms with Crippen LogP contribution in [0.25, 0.3) is 12.2 Å². The Labute approximate surface area is 353 Å². The molecule has 56 heavy (non-hydrogen) atoms. The first kappa shape index (κ1) is 41.2. The average Bonchev–Trinajstić information content (AvgIpc) is 3.29. The van der Waals surface area contributed by atoms with Crippen molar-refractivity contribution < 1.29 is 0 Å². The third kappa shape index (κ3) is 9.76.